The highest BCUT2D eigenvalue weighted by Crippen LogP contribution is 2.15. The van der Waals surface area contributed by atoms with Crippen molar-refractivity contribution < 1.29 is 28.6 Å². The lowest BCUT2D eigenvalue weighted by molar-refractivity contribution is -0.167. The zero-order valence-electron chi connectivity index (χ0n) is 52.0. The number of rotatable bonds is 57. The maximum Gasteiger partial charge on any atom is 0.306 e. The SMILES string of the molecule is CC/C=C\C/C=C\C/C=C\C/C=C\C/C=C\C/C=C\C/C=C\CCCCCCCCCCCC(=O)OCC(COC(=O)CCCCC/C=C\C/C=C\C/C=C\CC)OC(=O)CCCCCCCC/C=C\C/C=C\C/C=C\C/C=C\CC. The summed E-state index contributed by atoms with van der Waals surface area (Å²) in [6.45, 7) is 6.25. The Morgan fingerprint density at radius 1 is 0.247 bits per heavy atom. The van der Waals surface area contributed by atoms with E-state index in [1.54, 1.807) is 0 Å². The summed E-state index contributed by atoms with van der Waals surface area (Å²) in [6, 6.07) is 0. The topological polar surface area (TPSA) is 78.9 Å². The van der Waals surface area contributed by atoms with Crippen molar-refractivity contribution in [3.05, 3.63) is 170 Å². The Labute approximate surface area is 498 Å². The summed E-state index contributed by atoms with van der Waals surface area (Å²) >= 11 is 0. The monoisotopic (exact) mass is 1110 g/mol. The molecule has 0 N–H and O–H groups in total. The highest BCUT2D eigenvalue weighted by Gasteiger charge is 2.19. The fourth-order valence-corrected chi connectivity index (χ4v) is 8.43. The van der Waals surface area contributed by atoms with Crippen molar-refractivity contribution in [2.45, 2.75) is 271 Å². The number of unbranched alkanes of at least 4 members (excludes halogenated alkanes) is 18. The Bertz CT molecular complexity index is 1860. The van der Waals surface area contributed by atoms with Crippen LogP contribution in [0.5, 0.6) is 0 Å². The molecule has 0 bridgehead atoms. The first kappa shape index (κ1) is 75.8. The maximum atomic E-state index is 12.9. The predicted molar refractivity (Wildman–Crippen MR) is 352 cm³/mol. The molecule has 0 saturated carbocycles. The largest absolute Gasteiger partial charge is 0.462 e. The minimum atomic E-state index is -0.810. The Hall–Kier alpha value is -5.23. The standard InChI is InChI=1S/C75H118O6/c1-4-7-10-13-16-19-22-25-27-29-31-32-33-34-35-36-37-38-39-40-41-42-44-45-47-50-53-56-59-62-65-68-74(77)80-71-72(70-79-73(76)67-64-61-58-55-52-49-24-21-18-15-12-9-6-3)81-75(78)69-66-63-60-57-54-51-48-46-43-30-28-26-23-20-17-14-11-8-5-2/h7-12,16-21,25-28,31-32,34-35,37-38,40-41,43,46,49,52,72H,4-6,13-15,22-24,29-30,33,36,39,42,44-45,47-48,50-51,53-71H2,1-3H3/b10-7-,11-8-,12-9-,19-16-,20-17-,21-18-,27-25-,28-26-,32-31-,35-34-,38-37-,41-40-,46-43-,52-49-. The van der Waals surface area contributed by atoms with Crippen LogP contribution in [0.25, 0.3) is 0 Å². The second-order valence-electron chi connectivity index (χ2n) is 20.9. The third-order valence-corrected chi connectivity index (χ3v) is 13.2. The van der Waals surface area contributed by atoms with E-state index in [2.05, 4.69) is 191 Å². The molecule has 0 rings (SSSR count). The third kappa shape index (κ3) is 65.5. The predicted octanol–water partition coefficient (Wildman–Crippen LogP) is 22.7. The molecule has 81 heavy (non-hydrogen) atoms. The molecule has 0 fully saturated rings. The van der Waals surface area contributed by atoms with Crippen molar-refractivity contribution in [3.63, 3.8) is 0 Å². The van der Waals surface area contributed by atoms with Gasteiger partial charge in [0.1, 0.15) is 13.2 Å². The first-order chi connectivity index (χ1) is 40.0. The van der Waals surface area contributed by atoms with Crippen LogP contribution < -0.4 is 0 Å². The molecule has 0 radical (unpaired) electrons. The van der Waals surface area contributed by atoms with Gasteiger partial charge in [-0.1, -0.05) is 268 Å². The number of allylic oxidation sites excluding steroid dienone is 28. The smallest absolute Gasteiger partial charge is 0.306 e. The van der Waals surface area contributed by atoms with Gasteiger partial charge in [0.05, 0.1) is 0 Å². The molecule has 1 atom stereocenters. The summed E-state index contributed by atoms with van der Waals surface area (Å²) in [4.78, 5) is 38.3. The van der Waals surface area contributed by atoms with Crippen LogP contribution >= 0.6 is 0 Å². The first-order valence-electron chi connectivity index (χ1n) is 32.6. The number of carbonyl (C=O) groups excluding carboxylic acids is 3. The second kappa shape index (κ2) is 67.3. The molecule has 1 unspecified atom stereocenters. The van der Waals surface area contributed by atoms with Gasteiger partial charge in [-0.05, 0) is 148 Å². The Morgan fingerprint density at radius 2 is 0.444 bits per heavy atom. The molecule has 0 aromatic carbocycles. The quantitative estimate of drug-likeness (QED) is 0.0261. The molecule has 0 aliphatic rings. The summed E-state index contributed by atoms with van der Waals surface area (Å²) in [5.41, 5.74) is 0. The van der Waals surface area contributed by atoms with Gasteiger partial charge in [-0.15, -0.1) is 0 Å². The molecule has 0 saturated heterocycles. The van der Waals surface area contributed by atoms with Gasteiger partial charge in [0, 0.05) is 19.3 Å². The molecule has 0 aromatic heterocycles. The third-order valence-electron chi connectivity index (χ3n) is 13.2. The average Bonchev–Trinajstić information content (AvgIpc) is 3.46. The molecule has 0 aromatic rings. The number of carbonyl (C=O) groups is 3. The van der Waals surface area contributed by atoms with Crippen molar-refractivity contribution in [1.82, 2.24) is 0 Å². The molecule has 0 aliphatic carbocycles. The first-order valence-corrected chi connectivity index (χ1v) is 32.6. The van der Waals surface area contributed by atoms with Crippen LogP contribution in [-0.4, -0.2) is 37.2 Å². The fraction of sp³-hybridized carbons (Fsp3) is 0.587. The molecule has 0 aliphatic heterocycles. The summed E-state index contributed by atoms with van der Waals surface area (Å²) < 4.78 is 16.9. The number of hydrogen-bond acceptors (Lipinski definition) is 6. The summed E-state index contributed by atoms with van der Waals surface area (Å²) in [5.74, 6) is -0.958. The number of ether oxygens (including phenoxy) is 3. The Balaban J connectivity index is 4.36. The molecular formula is C75H118O6. The molecule has 0 spiro atoms. The lowest BCUT2D eigenvalue weighted by Crippen LogP contribution is -2.30. The lowest BCUT2D eigenvalue weighted by atomic mass is 10.1. The van der Waals surface area contributed by atoms with Gasteiger partial charge >= 0.3 is 17.9 Å². The van der Waals surface area contributed by atoms with Gasteiger partial charge in [-0.3, -0.25) is 14.4 Å². The van der Waals surface area contributed by atoms with Crippen LogP contribution in [-0.2, 0) is 28.6 Å². The van der Waals surface area contributed by atoms with Gasteiger partial charge in [0.2, 0.25) is 0 Å². The normalized spacial score (nSPS) is 13.3. The summed E-state index contributed by atoms with van der Waals surface area (Å²) in [5, 5.41) is 0. The zero-order chi connectivity index (χ0) is 58.5. The molecule has 0 amide bonds. The van der Waals surface area contributed by atoms with Crippen LogP contribution in [0, 0.1) is 0 Å². The summed E-state index contributed by atoms with van der Waals surface area (Å²) in [6.07, 6.45) is 99.3. The number of esters is 3. The molecule has 6 nitrogen and oxygen atoms in total. The highest BCUT2D eigenvalue weighted by atomic mass is 16.6. The molecule has 454 valence electrons. The second-order valence-corrected chi connectivity index (χ2v) is 20.9. The molecule has 0 heterocycles. The Morgan fingerprint density at radius 3 is 0.704 bits per heavy atom. The zero-order valence-corrected chi connectivity index (χ0v) is 52.0. The van der Waals surface area contributed by atoms with E-state index in [4.69, 9.17) is 14.2 Å². The van der Waals surface area contributed by atoms with E-state index < -0.39 is 6.10 Å². The van der Waals surface area contributed by atoms with E-state index in [-0.39, 0.29) is 31.1 Å². The minimum absolute atomic E-state index is 0.104. The maximum absolute atomic E-state index is 12.9. The molecule has 6 heteroatoms. The van der Waals surface area contributed by atoms with E-state index in [0.717, 1.165) is 173 Å². The van der Waals surface area contributed by atoms with Gasteiger partial charge in [-0.2, -0.15) is 0 Å². The number of hydrogen-bond donors (Lipinski definition) is 0. The minimum Gasteiger partial charge on any atom is -0.462 e. The van der Waals surface area contributed by atoms with Crippen molar-refractivity contribution in [1.29, 1.82) is 0 Å². The van der Waals surface area contributed by atoms with Crippen molar-refractivity contribution in [3.8, 4) is 0 Å². The van der Waals surface area contributed by atoms with Crippen LogP contribution in [0.4, 0.5) is 0 Å². The van der Waals surface area contributed by atoms with E-state index in [9.17, 15) is 14.4 Å². The van der Waals surface area contributed by atoms with E-state index in [0.29, 0.717) is 19.3 Å². The van der Waals surface area contributed by atoms with Gasteiger partial charge < -0.3 is 14.2 Å². The van der Waals surface area contributed by atoms with Crippen LogP contribution in [0.15, 0.2) is 170 Å². The average molecular weight is 1120 g/mol. The van der Waals surface area contributed by atoms with Crippen molar-refractivity contribution >= 4 is 17.9 Å². The fourth-order valence-electron chi connectivity index (χ4n) is 8.43. The van der Waals surface area contributed by atoms with E-state index >= 15 is 0 Å². The molecular weight excluding hydrogens is 997 g/mol. The Kier molecular flexibility index (Phi) is 62.9. The van der Waals surface area contributed by atoms with Crippen LogP contribution in [0.1, 0.15) is 265 Å². The van der Waals surface area contributed by atoms with Gasteiger partial charge in [0.25, 0.3) is 0 Å². The van der Waals surface area contributed by atoms with Gasteiger partial charge in [-0.25, -0.2) is 0 Å². The van der Waals surface area contributed by atoms with Crippen molar-refractivity contribution in [2.75, 3.05) is 13.2 Å². The van der Waals surface area contributed by atoms with E-state index in [1.807, 2.05) is 0 Å². The highest BCUT2D eigenvalue weighted by molar-refractivity contribution is 5.71. The van der Waals surface area contributed by atoms with E-state index in [1.165, 1.54) is 51.4 Å². The lowest BCUT2D eigenvalue weighted by Gasteiger charge is -2.18. The van der Waals surface area contributed by atoms with Gasteiger partial charge in [0.15, 0.2) is 6.10 Å². The summed E-state index contributed by atoms with van der Waals surface area (Å²) in [7, 11) is 0. The van der Waals surface area contributed by atoms with Crippen LogP contribution in [0.3, 0.4) is 0 Å². The van der Waals surface area contributed by atoms with Crippen molar-refractivity contribution in [2.24, 2.45) is 0 Å². The van der Waals surface area contributed by atoms with Crippen LogP contribution in [0.2, 0.25) is 0 Å².